The molecule has 1 saturated carbocycles. The SMILES string of the molecule is CCOC(c1nc(Cl)c(C(C)C)c(Cl)n1)C1CC1. The molecule has 1 atom stereocenters. The van der Waals surface area contributed by atoms with Gasteiger partial charge in [-0.3, -0.25) is 0 Å². The van der Waals surface area contributed by atoms with Crippen LogP contribution in [-0.4, -0.2) is 16.6 Å². The lowest BCUT2D eigenvalue weighted by molar-refractivity contribution is 0.0400. The zero-order valence-corrected chi connectivity index (χ0v) is 12.4. The molecular weight excluding hydrogens is 271 g/mol. The van der Waals surface area contributed by atoms with E-state index in [9.17, 15) is 0 Å². The molecular formula is C13H18Cl2N2O. The summed E-state index contributed by atoms with van der Waals surface area (Å²) in [5.41, 5.74) is 0.813. The molecule has 1 aliphatic rings. The van der Waals surface area contributed by atoms with Gasteiger partial charge in [-0.1, -0.05) is 37.0 Å². The smallest absolute Gasteiger partial charge is 0.160 e. The van der Waals surface area contributed by atoms with Crippen LogP contribution in [0.5, 0.6) is 0 Å². The highest BCUT2D eigenvalue weighted by molar-refractivity contribution is 6.34. The molecule has 1 aliphatic carbocycles. The van der Waals surface area contributed by atoms with Gasteiger partial charge in [0.1, 0.15) is 16.4 Å². The van der Waals surface area contributed by atoms with Crippen molar-refractivity contribution in [1.82, 2.24) is 9.97 Å². The van der Waals surface area contributed by atoms with Crippen molar-refractivity contribution >= 4 is 23.2 Å². The Bertz CT molecular complexity index is 410. The van der Waals surface area contributed by atoms with E-state index in [2.05, 4.69) is 9.97 Å². The van der Waals surface area contributed by atoms with Gasteiger partial charge in [0.25, 0.3) is 0 Å². The fourth-order valence-corrected chi connectivity index (χ4v) is 2.87. The van der Waals surface area contributed by atoms with Gasteiger partial charge in [0, 0.05) is 12.2 Å². The van der Waals surface area contributed by atoms with Crippen molar-refractivity contribution in [2.75, 3.05) is 6.61 Å². The quantitative estimate of drug-likeness (QED) is 0.754. The summed E-state index contributed by atoms with van der Waals surface area (Å²) >= 11 is 12.4. The number of aromatic nitrogens is 2. The van der Waals surface area contributed by atoms with Crippen LogP contribution in [-0.2, 0) is 4.74 Å². The Morgan fingerprint density at radius 1 is 1.22 bits per heavy atom. The molecule has 1 aromatic heterocycles. The lowest BCUT2D eigenvalue weighted by Gasteiger charge is -2.17. The zero-order valence-electron chi connectivity index (χ0n) is 10.9. The van der Waals surface area contributed by atoms with Crippen molar-refractivity contribution in [3.05, 3.63) is 21.7 Å². The van der Waals surface area contributed by atoms with Gasteiger partial charge in [0.15, 0.2) is 5.82 Å². The Morgan fingerprint density at radius 2 is 1.78 bits per heavy atom. The van der Waals surface area contributed by atoms with E-state index in [0.29, 0.717) is 28.7 Å². The van der Waals surface area contributed by atoms with E-state index in [1.165, 1.54) is 0 Å². The first-order chi connectivity index (χ1) is 8.54. The normalized spacial score (nSPS) is 17.2. The number of ether oxygens (including phenoxy) is 1. The van der Waals surface area contributed by atoms with Crippen LogP contribution < -0.4 is 0 Å². The van der Waals surface area contributed by atoms with Crippen molar-refractivity contribution in [1.29, 1.82) is 0 Å². The van der Waals surface area contributed by atoms with Gasteiger partial charge in [-0.25, -0.2) is 9.97 Å². The van der Waals surface area contributed by atoms with Gasteiger partial charge in [0.2, 0.25) is 0 Å². The maximum atomic E-state index is 6.21. The molecule has 1 fully saturated rings. The molecule has 5 heteroatoms. The molecule has 18 heavy (non-hydrogen) atoms. The van der Waals surface area contributed by atoms with Crippen molar-refractivity contribution in [3.8, 4) is 0 Å². The number of halogens is 2. The predicted octanol–water partition coefficient (Wildman–Crippen LogP) is 4.39. The van der Waals surface area contributed by atoms with Crippen LogP contribution in [0.1, 0.15) is 57.0 Å². The Kier molecular flexibility index (Phi) is 4.46. The average molecular weight is 289 g/mol. The molecule has 0 amide bonds. The number of hydrogen-bond donors (Lipinski definition) is 0. The summed E-state index contributed by atoms with van der Waals surface area (Å²) in [5.74, 6) is 1.35. The maximum Gasteiger partial charge on any atom is 0.160 e. The third kappa shape index (κ3) is 2.95. The van der Waals surface area contributed by atoms with Crippen molar-refractivity contribution in [2.24, 2.45) is 5.92 Å². The van der Waals surface area contributed by atoms with E-state index in [0.717, 1.165) is 18.4 Å². The monoisotopic (exact) mass is 288 g/mol. The molecule has 0 aliphatic heterocycles. The number of hydrogen-bond acceptors (Lipinski definition) is 3. The second-order valence-corrected chi connectivity index (χ2v) is 5.66. The molecule has 1 aromatic rings. The molecule has 0 saturated heterocycles. The van der Waals surface area contributed by atoms with Crippen LogP contribution in [0.3, 0.4) is 0 Å². The molecule has 2 rings (SSSR count). The third-order valence-electron chi connectivity index (χ3n) is 3.10. The van der Waals surface area contributed by atoms with Crippen LogP contribution in [0.4, 0.5) is 0 Å². The maximum absolute atomic E-state index is 6.21. The standard InChI is InChI=1S/C13H18Cl2N2O/c1-4-18-10(8-5-6-8)13-16-11(14)9(7(2)3)12(15)17-13/h7-8,10H,4-6H2,1-3H3. The number of nitrogens with zero attached hydrogens (tertiary/aromatic N) is 2. The highest BCUT2D eigenvalue weighted by Gasteiger charge is 2.35. The van der Waals surface area contributed by atoms with Crippen LogP contribution >= 0.6 is 23.2 Å². The minimum absolute atomic E-state index is 0.0637. The first-order valence-electron chi connectivity index (χ1n) is 6.39. The highest BCUT2D eigenvalue weighted by Crippen LogP contribution is 2.43. The molecule has 1 unspecified atom stereocenters. The fourth-order valence-electron chi connectivity index (χ4n) is 2.04. The van der Waals surface area contributed by atoms with Crippen LogP contribution in [0.25, 0.3) is 0 Å². The van der Waals surface area contributed by atoms with Crippen molar-refractivity contribution < 1.29 is 4.74 Å². The summed E-state index contributed by atoms with van der Waals surface area (Å²) in [5, 5.41) is 0.899. The van der Waals surface area contributed by atoms with Crippen molar-refractivity contribution in [3.63, 3.8) is 0 Å². The average Bonchev–Trinajstić information content (AvgIpc) is 3.07. The molecule has 0 spiro atoms. The Hall–Kier alpha value is -0.380. The zero-order chi connectivity index (χ0) is 13.3. The van der Waals surface area contributed by atoms with E-state index < -0.39 is 0 Å². The summed E-state index contributed by atoms with van der Waals surface area (Å²) in [6.07, 6.45) is 2.26. The Labute approximate surface area is 118 Å². The van der Waals surface area contributed by atoms with E-state index in [1.54, 1.807) is 0 Å². The van der Waals surface area contributed by atoms with E-state index in [1.807, 2.05) is 20.8 Å². The Morgan fingerprint density at radius 3 is 2.17 bits per heavy atom. The summed E-state index contributed by atoms with van der Waals surface area (Å²) in [6.45, 7) is 6.67. The summed E-state index contributed by atoms with van der Waals surface area (Å²) < 4.78 is 5.72. The fraction of sp³-hybridized carbons (Fsp3) is 0.692. The van der Waals surface area contributed by atoms with Crippen LogP contribution in [0.15, 0.2) is 0 Å². The van der Waals surface area contributed by atoms with Crippen LogP contribution in [0, 0.1) is 5.92 Å². The molecule has 0 bridgehead atoms. The van der Waals surface area contributed by atoms with Gasteiger partial charge in [-0.15, -0.1) is 0 Å². The first kappa shape index (κ1) is 14.0. The molecule has 100 valence electrons. The highest BCUT2D eigenvalue weighted by atomic mass is 35.5. The van der Waals surface area contributed by atoms with E-state index in [-0.39, 0.29) is 12.0 Å². The van der Waals surface area contributed by atoms with Gasteiger partial charge < -0.3 is 4.74 Å². The minimum atomic E-state index is -0.0637. The predicted molar refractivity (Wildman–Crippen MR) is 73.2 cm³/mol. The second kappa shape index (κ2) is 5.72. The van der Waals surface area contributed by atoms with Crippen LogP contribution in [0.2, 0.25) is 10.3 Å². The molecule has 0 aromatic carbocycles. The summed E-state index contributed by atoms with van der Waals surface area (Å²) in [6, 6.07) is 0. The second-order valence-electron chi connectivity index (χ2n) is 4.95. The van der Waals surface area contributed by atoms with Gasteiger partial charge in [-0.05, 0) is 31.6 Å². The molecule has 0 radical (unpaired) electrons. The van der Waals surface area contributed by atoms with Crippen molar-refractivity contribution in [2.45, 2.75) is 45.6 Å². The molecule has 3 nitrogen and oxygen atoms in total. The summed E-state index contributed by atoms with van der Waals surface area (Å²) in [4.78, 5) is 8.76. The lowest BCUT2D eigenvalue weighted by atomic mass is 10.1. The number of rotatable bonds is 5. The van der Waals surface area contributed by atoms with Gasteiger partial charge >= 0.3 is 0 Å². The van der Waals surface area contributed by atoms with Gasteiger partial charge in [0.05, 0.1) is 0 Å². The third-order valence-corrected chi connectivity index (χ3v) is 3.67. The largest absolute Gasteiger partial charge is 0.370 e. The molecule has 1 heterocycles. The minimum Gasteiger partial charge on any atom is -0.370 e. The van der Waals surface area contributed by atoms with E-state index in [4.69, 9.17) is 27.9 Å². The van der Waals surface area contributed by atoms with Gasteiger partial charge in [-0.2, -0.15) is 0 Å². The molecule has 0 N–H and O–H groups in total. The first-order valence-corrected chi connectivity index (χ1v) is 7.14. The lowest BCUT2D eigenvalue weighted by Crippen LogP contribution is -2.12. The van der Waals surface area contributed by atoms with E-state index >= 15 is 0 Å². The topological polar surface area (TPSA) is 35.0 Å². The Balaban J connectivity index is 2.33. The summed E-state index contributed by atoms with van der Waals surface area (Å²) in [7, 11) is 0.